The lowest BCUT2D eigenvalue weighted by molar-refractivity contribution is -0.115. The fourth-order valence-electron chi connectivity index (χ4n) is 1.37. The van der Waals surface area contributed by atoms with Gasteiger partial charge in [0.1, 0.15) is 5.82 Å². The highest BCUT2D eigenvalue weighted by atomic mass is 19.1. The molecule has 0 aliphatic heterocycles. The number of rotatable bonds is 6. The number of urea groups is 1. The molecule has 0 heterocycles. The second-order valence-electron chi connectivity index (χ2n) is 3.78. The standard InChI is InChI=1S/C13H16FN3O2/c14-12-4-1-3-11(9-12)5-7-16-13(19)17(10-18)8-2-6-15/h1,3-5,7,9-10H,2,6,8,15H2,(H,16,19)/b7-5+. The van der Waals surface area contributed by atoms with E-state index in [9.17, 15) is 14.0 Å². The second-order valence-corrected chi connectivity index (χ2v) is 3.78. The number of amides is 3. The molecule has 6 heteroatoms. The molecule has 1 rings (SSSR count). The van der Waals surface area contributed by atoms with Gasteiger partial charge in [-0.3, -0.25) is 9.69 Å². The maximum Gasteiger partial charge on any atom is 0.327 e. The van der Waals surface area contributed by atoms with E-state index in [2.05, 4.69) is 5.32 Å². The number of halogens is 1. The predicted molar refractivity (Wildman–Crippen MR) is 70.4 cm³/mol. The first-order valence-corrected chi connectivity index (χ1v) is 5.82. The molecule has 5 nitrogen and oxygen atoms in total. The minimum Gasteiger partial charge on any atom is -0.330 e. The minimum atomic E-state index is -0.545. The zero-order valence-electron chi connectivity index (χ0n) is 10.4. The Morgan fingerprint density at radius 3 is 2.89 bits per heavy atom. The van der Waals surface area contributed by atoms with Crippen LogP contribution in [0.1, 0.15) is 12.0 Å². The highest BCUT2D eigenvalue weighted by Crippen LogP contribution is 2.04. The zero-order valence-corrected chi connectivity index (χ0v) is 10.4. The lowest BCUT2D eigenvalue weighted by Gasteiger charge is -2.13. The van der Waals surface area contributed by atoms with Gasteiger partial charge in [-0.15, -0.1) is 0 Å². The maximum absolute atomic E-state index is 12.9. The third-order valence-corrected chi connectivity index (χ3v) is 2.32. The fourth-order valence-corrected chi connectivity index (χ4v) is 1.37. The van der Waals surface area contributed by atoms with Crippen molar-refractivity contribution in [3.8, 4) is 0 Å². The van der Waals surface area contributed by atoms with Crippen LogP contribution in [-0.2, 0) is 4.79 Å². The smallest absolute Gasteiger partial charge is 0.327 e. The van der Waals surface area contributed by atoms with Gasteiger partial charge in [0.05, 0.1) is 0 Å². The first-order valence-electron chi connectivity index (χ1n) is 5.82. The van der Waals surface area contributed by atoms with Crippen LogP contribution in [0, 0.1) is 5.82 Å². The van der Waals surface area contributed by atoms with Crippen LogP contribution in [0.5, 0.6) is 0 Å². The number of hydrogen-bond acceptors (Lipinski definition) is 3. The highest BCUT2D eigenvalue weighted by Gasteiger charge is 2.09. The van der Waals surface area contributed by atoms with Crippen molar-refractivity contribution in [2.24, 2.45) is 5.73 Å². The van der Waals surface area contributed by atoms with E-state index < -0.39 is 6.03 Å². The Morgan fingerprint density at radius 1 is 1.47 bits per heavy atom. The van der Waals surface area contributed by atoms with E-state index in [-0.39, 0.29) is 12.4 Å². The Labute approximate surface area is 110 Å². The van der Waals surface area contributed by atoms with Crippen LogP contribution < -0.4 is 11.1 Å². The molecule has 3 amide bonds. The molecule has 0 bridgehead atoms. The Hall–Kier alpha value is -2.21. The predicted octanol–water partition coefficient (Wildman–Crippen LogP) is 1.31. The number of carbonyl (C=O) groups is 2. The van der Waals surface area contributed by atoms with Crippen LogP contribution in [0.4, 0.5) is 9.18 Å². The van der Waals surface area contributed by atoms with Gasteiger partial charge in [0.2, 0.25) is 6.41 Å². The Morgan fingerprint density at radius 2 is 2.26 bits per heavy atom. The zero-order chi connectivity index (χ0) is 14.1. The summed E-state index contributed by atoms with van der Waals surface area (Å²) in [6.07, 6.45) is 3.88. The normalized spacial score (nSPS) is 10.4. The van der Waals surface area contributed by atoms with Gasteiger partial charge in [-0.2, -0.15) is 0 Å². The van der Waals surface area contributed by atoms with E-state index in [1.165, 1.54) is 24.4 Å². The third kappa shape index (κ3) is 5.31. The maximum atomic E-state index is 12.9. The number of imide groups is 1. The fraction of sp³-hybridized carbons (Fsp3) is 0.231. The Kier molecular flexibility index (Phi) is 6.25. The molecule has 102 valence electrons. The van der Waals surface area contributed by atoms with Crippen LogP contribution in [0.3, 0.4) is 0 Å². The molecule has 0 fully saturated rings. The van der Waals surface area contributed by atoms with Gasteiger partial charge in [0.25, 0.3) is 0 Å². The minimum absolute atomic E-state index is 0.264. The number of carbonyl (C=O) groups excluding carboxylic acids is 2. The topological polar surface area (TPSA) is 75.4 Å². The van der Waals surface area contributed by atoms with E-state index >= 15 is 0 Å². The first kappa shape index (κ1) is 14.8. The molecular formula is C13H16FN3O2. The number of hydrogen-bond donors (Lipinski definition) is 2. The molecule has 0 atom stereocenters. The highest BCUT2D eigenvalue weighted by molar-refractivity contribution is 5.85. The molecule has 0 saturated heterocycles. The van der Waals surface area contributed by atoms with Crippen molar-refractivity contribution < 1.29 is 14.0 Å². The molecular weight excluding hydrogens is 249 g/mol. The van der Waals surface area contributed by atoms with Gasteiger partial charge < -0.3 is 11.1 Å². The molecule has 3 N–H and O–H groups in total. The molecule has 1 aromatic carbocycles. The van der Waals surface area contributed by atoms with Crippen molar-refractivity contribution in [3.63, 3.8) is 0 Å². The van der Waals surface area contributed by atoms with Crippen molar-refractivity contribution in [2.45, 2.75) is 6.42 Å². The lowest BCUT2D eigenvalue weighted by Crippen LogP contribution is -2.37. The number of benzene rings is 1. The van der Waals surface area contributed by atoms with Gasteiger partial charge in [0.15, 0.2) is 0 Å². The summed E-state index contributed by atoms with van der Waals surface area (Å²) in [7, 11) is 0. The molecule has 19 heavy (non-hydrogen) atoms. The SMILES string of the molecule is NCCCN(C=O)C(=O)N/C=C/c1cccc(F)c1. The Bertz CT molecular complexity index is 463. The number of nitrogens with two attached hydrogens (primary N) is 1. The summed E-state index contributed by atoms with van der Waals surface area (Å²) in [6, 6.07) is 5.37. The summed E-state index contributed by atoms with van der Waals surface area (Å²) in [6.45, 7) is 0.663. The van der Waals surface area contributed by atoms with Crippen LogP contribution in [0.25, 0.3) is 6.08 Å². The summed E-state index contributed by atoms with van der Waals surface area (Å²) in [5.41, 5.74) is 5.91. The molecule has 0 unspecified atom stereocenters. The van der Waals surface area contributed by atoms with Gasteiger partial charge in [-0.05, 0) is 36.7 Å². The van der Waals surface area contributed by atoms with E-state index in [1.807, 2.05) is 0 Å². The third-order valence-electron chi connectivity index (χ3n) is 2.32. The van der Waals surface area contributed by atoms with Crippen molar-refractivity contribution in [1.82, 2.24) is 10.2 Å². The molecule has 0 saturated carbocycles. The molecule has 1 aromatic rings. The van der Waals surface area contributed by atoms with Crippen molar-refractivity contribution >= 4 is 18.5 Å². The van der Waals surface area contributed by atoms with Crippen LogP contribution in [-0.4, -0.2) is 30.4 Å². The van der Waals surface area contributed by atoms with E-state index in [0.717, 1.165) is 4.90 Å². The summed E-state index contributed by atoms with van der Waals surface area (Å²) in [5.74, 6) is -0.356. The van der Waals surface area contributed by atoms with Crippen LogP contribution in [0.15, 0.2) is 30.5 Å². The summed E-state index contributed by atoms with van der Waals surface area (Å²) < 4.78 is 12.9. The van der Waals surface area contributed by atoms with Crippen molar-refractivity contribution in [1.29, 1.82) is 0 Å². The summed E-state index contributed by atoms with van der Waals surface area (Å²) in [5, 5.41) is 2.42. The molecule has 0 aliphatic rings. The van der Waals surface area contributed by atoms with E-state index in [1.54, 1.807) is 12.1 Å². The van der Waals surface area contributed by atoms with Crippen molar-refractivity contribution in [3.05, 3.63) is 41.8 Å². The second kappa shape index (κ2) is 7.99. The van der Waals surface area contributed by atoms with Crippen LogP contribution >= 0.6 is 0 Å². The molecule has 0 aliphatic carbocycles. The van der Waals surface area contributed by atoms with Gasteiger partial charge in [-0.1, -0.05) is 12.1 Å². The van der Waals surface area contributed by atoms with E-state index in [4.69, 9.17) is 5.73 Å². The molecule has 0 aromatic heterocycles. The quantitative estimate of drug-likeness (QED) is 0.761. The first-order chi connectivity index (χ1) is 9.17. The van der Waals surface area contributed by atoms with Gasteiger partial charge >= 0.3 is 6.03 Å². The molecule has 0 spiro atoms. The number of nitrogens with zero attached hydrogens (tertiary/aromatic N) is 1. The molecule has 0 radical (unpaired) electrons. The van der Waals surface area contributed by atoms with Gasteiger partial charge in [-0.25, -0.2) is 9.18 Å². The van der Waals surface area contributed by atoms with Crippen LogP contribution in [0.2, 0.25) is 0 Å². The Balaban J connectivity index is 2.50. The largest absolute Gasteiger partial charge is 0.330 e. The average molecular weight is 265 g/mol. The summed E-state index contributed by atoms with van der Waals surface area (Å²) >= 11 is 0. The van der Waals surface area contributed by atoms with E-state index in [0.29, 0.717) is 24.9 Å². The lowest BCUT2D eigenvalue weighted by atomic mass is 10.2. The summed E-state index contributed by atoms with van der Waals surface area (Å²) in [4.78, 5) is 23.2. The van der Waals surface area contributed by atoms with Gasteiger partial charge in [0, 0.05) is 12.7 Å². The monoisotopic (exact) mass is 265 g/mol. The number of nitrogens with one attached hydrogen (secondary N) is 1. The average Bonchev–Trinajstić information content (AvgIpc) is 2.39. The van der Waals surface area contributed by atoms with Crippen molar-refractivity contribution in [2.75, 3.05) is 13.1 Å².